The molecule has 1 fully saturated rings. The molecule has 6 heteroatoms. The first kappa shape index (κ1) is 23.6. The Morgan fingerprint density at radius 3 is 2.14 bits per heavy atom. The van der Waals surface area contributed by atoms with Crippen LogP contribution in [-0.2, 0) is 10.7 Å². The number of likely N-dealkylation sites (tertiary alicyclic amines) is 1. The Balaban J connectivity index is 1.98. The first-order valence-electron chi connectivity index (χ1n) is 10.5. The minimum absolute atomic E-state index is 0.0502. The molecule has 2 rings (SSSR count). The van der Waals surface area contributed by atoms with Gasteiger partial charge in [-0.15, -0.1) is 0 Å². The molecule has 29 heavy (non-hydrogen) atoms. The van der Waals surface area contributed by atoms with Crippen LogP contribution in [0.2, 0.25) is 0 Å². The van der Waals surface area contributed by atoms with Crippen LogP contribution in [-0.4, -0.2) is 53.2 Å². The maximum atomic E-state index is 15.2. The summed E-state index contributed by atoms with van der Waals surface area (Å²) in [6.45, 7) is 13.1. The summed E-state index contributed by atoms with van der Waals surface area (Å²) in [5.41, 5.74) is -1.76. The van der Waals surface area contributed by atoms with Gasteiger partial charge in [-0.1, -0.05) is 30.3 Å². The summed E-state index contributed by atoms with van der Waals surface area (Å²) >= 11 is 0. The minimum atomic E-state index is -2.95. The Morgan fingerprint density at radius 2 is 1.66 bits per heavy atom. The molecule has 164 valence electrons. The zero-order valence-corrected chi connectivity index (χ0v) is 18.7. The van der Waals surface area contributed by atoms with Crippen molar-refractivity contribution in [2.75, 3.05) is 26.2 Å². The summed E-state index contributed by atoms with van der Waals surface area (Å²) in [5, 5.41) is 0. The third-order valence-electron chi connectivity index (χ3n) is 5.82. The van der Waals surface area contributed by atoms with Gasteiger partial charge in [0.1, 0.15) is 5.60 Å². The van der Waals surface area contributed by atoms with Gasteiger partial charge in [-0.25, -0.2) is 4.79 Å². The van der Waals surface area contributed by atoms with E-state index in [4.69, 9.17) is 4.74 Å². The molecule has 0 bridgehead atoms. The highest BCUT2D eigenvalue weighted by atomic mass is 19.3. The summed E-state index contributed by atoms with van der Waals surface area (Å²) in [7, 11) is 0. The van der Waals surface area contributed by atoms with Crippen LogP contribution < -0.4 is 0 Å². The van der Waals surface area contributed by atoms with Gasteiger partial charge in [-0.05, 0) is 73.4 Å². The van der Waals surface area contributed by atoms with Gasteiger partial charge in [0.05, 0.1) is 5.54 Å². The van der Waals surface area contributed by atoms with Crippen LogP contribution in [0.5, 0.6) is 0 Å². The SMILES string of the molecule is CCN(CC1CCN(C(C)(C)C(F)(F)c2ccccc2)CC1)C(=O)OC(C)(C)C. The van der Waals surface area contributed by atoms with Gasteiger partial charge in [0.25, 0.3) is 5.92 Å². The number of halogens is 2. The molecule has 0 spiro atoms. The van der Waals surface area contributed by atoms with Gasteiger partial charge in [-0.3, -0.25) is 4.90 Å². The van der Waals surface area contributed by atoms with Crippen molar-refractivity contribution in [3.8, 4) is 0 Å². The Kier molecular flexibility index (Phi) is 7.31. The summed E-state index contributed by atoms with van der Waals surface area (Å²) in [4.78, 5) is 16.0. The fraction of sp³-hybridized carbons (Fsp3) is 0.696. The molecule has 1 saturated heterocycles. The summed E-state index contributed by atoms with van der Waals surface area (Å²) in [6.07, 6.45) is 1.26. The van der Waals surface area contributed by atoms with Gasteiger partial charge in [-0.2, -0.15) is 8.78 Å². The lowest BCUT2D eigenvalue weighted by atomic mass is 9.85. The Morgan fingerprint density at radius 1 is 1.10 bits per heavy atom. The van der Waals surface area contributed by atoms with E-state index in [1.165, 1.54) is 12.1 Å². The van der Waals surface area contributed by atoms with Crippen molar-refractivity contribution in [1.29, 1.82) is 0 Å². The third-order valence-corrected chi connectivity index (χ3v) is 5.82. The zero-order chi connectivity index (χ0) is 21.9. The molecule has 1 heterocycles. The maximum Gasteiger partial charge on any atom is 0.410 e. The first-order chi connectivity index (χ1) is 13.4. The standard InChI is InChI=1S/C23H36F2N2O2/c1-7-26(20(28)29-21(2,3)4)17-18-13-15-27(16-14-18)22(5,6)23(24,25)19-11-9-8-10-12-19/h8-12,18H,7,13-17H2,1-6H3. The number of hydrogen-bond acceptors (Lipinski definition) is 3. The molecular formula is C23H36F2N2O2. The smallest absolute Gasteiger partial charge is 0.410 e. The topological polar surface area (TPSA) is 32.8 Å². The quantitative estimate of drug-likeness (QED) is 0.618. The average molecular weight is 411 g/mol. The van der Waals surface area contributed by atoms with Crippen molar-refractivity contribution < 1.29 is 18.3 Å². The number of ether oxygens (including phenoxy) is 1. The highest BCUT2D eigenvalue weighted by Crippen LogP contribution is 2.43. The fourth-order valence-corrected chi connectivity index (χ4v) is 3.84. The predicted octanol–water partition coefficient (Wildman–Crippen LogP) is 5.53. The second kappa shape index (κ2) is 8.99. The van der Waals surface area contributed by atoms with Crippen LogP contribution in [0.3, 0.4) is 0 Å². The molecule has 0 N–H and O–H groups in total. The first-order valence-corrected chi connectivity index (χ1v) is 10.5. The van der Waals surface area contributed by atoms with Gasteiger partial charge < -0.3 is 9.64 Å². The fourth-order valence-electron chi connectivity index (χ4n) is 3.84. The van der Waals surface area contributed by atoms with E-state index < -0.39 is 17.1 Å². The monoisotopic (exact) mass is 410 g/mol. The van der Waals surface area contributed by atoms with Crippen molar-refractivity contribution in [2.24, 2.45) is 5.92 Å². The predicted molar refractivity (Wildman–Crippen MR) is 112 cm³/mol. The summed E-state index contributed by atoms with van der Waals surface area (Å²) in [5.74, 6) is -2.66. The number of nitrogens with zero attached hydrogens (tertiary/aromatic N) is 2. The number of carbonyl (C=O) groups is 1. The third kappa shape index (κ3) is 5.68. The lowest BCUT2D eigenvalue weighted by molar-refractivity contribution is -0.143. The number of alkyl halides is 2. The van der Waals surface area contributed by atoms with E-state index in [2.05, 4.69) is 0 Å². The number of amides is 1. The van der Waals surface area contributed by atoms with Crippen molar-refractivity contribution in [2.45, 2.75) is 71.4 Å². The average Bonchev–Trinajstić information content (AvgIpc) is 2.65. The van der Waals surface area contributed by atoms with Gasteiger partial charge >= 0.3 is 6.09 Å². The normalized spacial score (nSPS) is 17.2. The number of hydrogen-bond donors (Lipinski definition) is 0. The van der Waals surface area contributed by atoms with E-state index in [1.807, 2.05) is 32.6 Å². The Bertz CT molecular complexity index is 663. The van der Waals surface area contributed by atoms with E-state index in [0.29, 0.717) is 32.1 Å². The molecule has 1 aliphatic rings. The van der Waals surface area contributed by atoms with E-state index in [-0.39, 0.29) is 11.7 Å². The molecule has 4 nitrogen and oxygen atoms in total. The molecule has 0 atom stereocenters. The van der Waals surface area contributed by atoms with Crippen molar-refractivity contribution >= 4 is 6.09 Å². The number of rotatable bonds is 6. The van der Waals surface area contributed by atoms with Crippen LogP contribution >= 0.6 is 0 Å². The van der Waals surface area contributed by atoms with Crippen LogP contribution in [0.1, 0.15) is 59.9 Å². The maximum absolute atomic E-state index is 15.2. The highest BCUT2D eigenvalue weighted by Gasteiger charge is 2.52. The molecule has 1 amide bonds. The molecule has 1 aromatic carbocycles. The van der Waals surface area contributed by atoms with E-state index >= 15 is 8.78 Å². The van der Waals surface area contributed by atoms with Gasteiger partial charge in [0.15, 0.2) is 0 Å². The van der Waals surface area contributed by atoms with E-state index in [0.717, 1.165) is 12.8 Å². The lowest BCUT2D eigenvalue weighted by Crippen LogP contribution is -2.57. The second-order valence-corrected chi connectivity index (χ2v) is 9.45. The number of carbonyl (C=O) groups excluding carboxylic acids is 1. The highest BCUT2D eigenvalue weighted by molar-refractivity contribution is 5.68. The second-order valence-electron chi connectivity index (χ2n) is 9.45. The Hall–Kier alpha value is -1.69. The molecule has 0 saturated carbocycles. The molecule has 1 aliphatic heterocycles. The van der Waals surface area contributed by atoms with Crippen LogP contribution in [0.25, 0.3) is 0 Å². The van der Waals surface area contributed by atoms with Crippen LogP contribution in [0.15, 0.2) is 30.3 Å². The lowest BCUT2D eigenvalue weighted by Gasteiger charge is -2.47. The molecule has 0 radical (unpaired) electrons. The largest absolute Gasteiger partial charge is 0.444 e. The van der Waals surface area contributed by atoms with E-state index in [9.17, 15) is 4.79 Å². The Labute approximate surface area is 174 Å². The van der Waals surface area contributed by atoms with E-state index in [1.54, 1.807) is 36.9 Å². The number of piperidine rings is 1. The molecule has 0 aromatic heterocycles. The summed E-state index contributed by atoms with van der Waals surface area (Å²) in [6, 6.07) is 8.05. The number of benzene rings is 1. The van der Waals surface area contributed by atoms with Crippen molar-refractivity contribution in [1.82, 2.24) is 9.80 Å². The van der Waals surface area contributed by atoms with Crippen molar-refractivity contribution in [3.63, 3.8) is 0 Å². The van der Waals surface area contributed by atoms with Gasteiger partial charge in [0.2, 0.25) is 0 Å². The minimum Gasteiger partial charge on any atom is -0.444 e. The summed E-state index contributed by atoms with van der Waals surface area (Å²) < 4.78 is 35.9. The van der Waals surface area contributed by atoms with Crippen LogP contribution in [0, 0.1) is 5.92 Å². The molecular weight excluding hydrogens is 374 g/mol. The van der Waals surface area contributed by atoms with Crippen LogP contribution in [0.4, 0.5) is 13.6 Å². The zero-order valence-electron chi connectivity index (χ0n) is 18.7. The van der Waals surface area contributed by atoms with Crippen molar-refractivity contribution in [3.05, 3.63) is 35.9 Å². The molecule has 0 aliphatic carbocycles. The molecule has 0 unspecified atom stereocenters. The molecule has 1 aromatic rings. The van der Waals surface area contributed by atoms with Gasteiger partial charge in [0, 0.05) is 18.7 Å².